The van der Waals surface area contributed by atoms with Gasteiger partial charge in [0.1, 0.15) is 0 Å². The van der Waals surface area contributed by atoms with Crippen LogP contribution in [0.15, 0.2) is 0 Å². The van der Waals surface area contributed by atoms with Crippen molar-refractivity contribution in [2.75, 3.05) is 12.8 Å². The minimum atomic E-state index is -2.97. The highest BCUT2D eigenvalue weighted by Gasteiger charge is 2.37. The Labute approximate surface area is 75.6 Å². The van der Waals surface area contributed by atoms with Crippen LogP contribution in [0.25, 0.3) is 0 Å². The first-order valence-corrected chi connectivity index (χ1v) is 6.25. The quantitative estimate of drug-likeness (QED) is 0.735. The van der Waals surface area contributed by atoms with Gasteiger partial charge in [-0.1, -0.05) is 20.8 Å². The van der Waals surface area contributed by atoms with E-state index in [1.54, 1.807) is 0 Å². The Morgan fingerprint density at radius 1 is 1.33 bits per heavy atom. The molecule has 0 amide bonds. The van der Waals surface area contributed by atoms with Crippen LogP contribution >= 0.6 is 0 Å². The predicted molar refractivity (Wildman–Crippen MR) is 51.5 cm³/mol. The molecule has 0 aromatic carbocycles. The fraction of sp³-hybridized carbons (Fsp3) is 1.00. The SMILES string of the molecule is CC.CC1(CNS(C)(=O)=O)CC1. The molecule has 0 unspecified atom stereocenters. The van der Waals surface area contributed by atoms with Crippen LogP contribution in [0, 0.1) is 5.41 Å². The van der Waals surface area contributed by atoms with Crippen molar-refractivity contribution in [2.24, 2.45) is 5.41 Å². The smallest absolute Gasteiger partial charge is 0.208 e. The molecule has 3 nitrogen and oxygen atoms in total. The lowest BCUT2D eigenvalue weighted by molar-refractivity contribution is 0.534. The zero-order valence-corrected chi connectivity index (χ0v) is 9.16. The zero-order chi connectivity index (χ0) is 9.83. The molecule has 74 valence electrons. The molecule has 1 fully saturated rings. The van der Waals surface area contributed by atoms with Crippen molar-refractivity contribution < 1.29 is 8.42 Å². The molecule has 0 aromatic heterocycles. The third-order valence-corrected chi connectivity index (χ3v) is 2.53. The van der Waals surface area contributed by atoms with E-state index in [1.165, 1.54) is 6.26 Å². The monoisotopic (exact) mass is 193 g/mol. The second-order valence-corrected chi connectivity index (χ2v) is 5.24. The van der Waals surface area contributed by atoms with Crippen molar-refractivity contribution >= 4 is 10.0 Å². The van der Waals surface area contributed by atoms with Gasteiger partial charge >= 0.3 is 0 Å². The van der Waals surface area contributed by atoms with Crippen molar-refractivity contribution in [1.29, 1.82) is 0 Å². The average molecular weight is 193 g/mol. The summed E-state index contributed by atoms with van der Waals surface area (Å²) in [5.41, 5.74) is 0.267. The van der Waals surface area contributed by atoms with Gasteiger partial charge in [0.25, 0.3) is 0 Å². The number of sulfonamides is 1. The molecule has 0 aliphatic heterocycles. The van der Waals surface area contributed by atoms with Crippen LogP contribution in [-0.2, 0) is 10.0 Å². The molecular weight excluding hydrogens is 174 g/mol. The van der Waals surface area contributed by atoms with Crippen LogP contribution in [0.1, 0.15) is 33.6 Å². The first kappa shape index (κ1) is 11.9. The summed E-state index contributed by atoms with van der Waals surface area (Å²) in [7, 11) is -2.97. The minimum Gasteiger partial charge on any atom is -0.215 e. The van der Waals surface area contributed by atoms with Gasteiger partial charge in [0.05, 0.1) is 6.26 Å². The van der Waals surface area contributed by atoms with Crippen LogP contribution in [0.3, 0.4) is 0 Å². The molecule has 0 saturated heterocycles. The van der Waals surface area contributed by atoms with Crippen LogP contribution < -0.4 is 4.72 Å². The number of nitrogens with one attached hydrogen (secondary N) is 1. The molecule has 1 aliphatic rings. The Morgan fingerprint density at radius 2 is 1.75 bits per heavy atom. The third-order valence-electron chi connectivity index (χ3n) is 1.86. The van der Waals surface area contributed by atoms with Gasteiger partial charge < -0.3 is 0 Å². The van der Waals surface area contributed by atoms with E-state index in [0.717, 1.165) is 12.8 Å². The second kappa shape index (κ2) is 4.23. The van der Waals surface area contributed by atoms with E-state index in [1.807, 2.05) is 13.8 Å². The normalized spacial score (nSPS) is 19.3. The van der Waals surface area contributed by atoms with Crippen LogP contribution in [0.5, 0.6) is 0 Å². The van der Waals surface area contributed by atoms with Crippen molar-refractivity contribution in [2.45, 2.75) is 33.6 Å². The molecule has 0 heterocycles. The first-order valence-electron chi connectivity index (χ1n) is 4.36. The van der Waals surface area contributed by atoms with Gasteiger partial charge in [-0.2, -0.15) is 0 Å². The topological polar surface area (TPSA) is 46.2 Å². The van der Waals surface area contributed by atoms with E-state index < -0.39 is 10.0 Å². The Balaban J connectivity index is 0.000000561. The van der Waals surface area contributed by atoms with E-state index in [2.05, 4.69) is 11.6 Å². The molecule has 0 atom stereocenters. The van der Waals surface area contributed by atoms with E-state index in [9.17, 15) is 8.42 Å². The maximum atomic E-state index is 10.6. The van der Waals surface area contributed by atoms with E-state index in [0.29, 0.717) is 6.54 Å². The molecule has 4 heteroatoms. The van der Waals surface area contributed by atoms with Crippen molar-refractivity contribution in [1.82, 2.24) is 4.72 Å². The molecule has 1 N–H and O–H groups in total. The first-order chi connectivity index (χ1) is 5.41. The summed E-state index contributed by atoms with van der Waals surface area (Å²) in [5, 5.41) is 0. The lowest BCUT2D eigenvalue weighted by Gasteiger charge is -2.06. The Bertz CT molecular complexity index is 217. The molecule has 1 saturated carbocycles. The Kier molecular flexibility index (Phi) is 4.20. The standard InChI is InChI=1S/C6H13NO2S.C2H6/c1-6(3-4-6)5-7-10(2,8)9;1-2/h7H,3-5H2,1-2H3;1-2H3. The highest BCUT2D eigenvalue weighted by molar-refractivity contribution is 7.88. The predicted octanol–water partition coefficient (Wildman–Crippen LogP) is 1.36. The summed E-state index contributed by atoms with van der Waals surface area (Å²) in [5.74, 6) is 0. The van der Waals surface area contributed by atoms with Gasteiger partial charge in [-0.3, -0.25) is 0 Å². The number of hydrogen-bond donors (Lipinski definition) is 1. The van der Waals surface area contributed by atoms with E-state index >= 15 is 0 Å². The van der Waals surface area contributed by atoms with Crippen LogP contribution in [-0.4, -0.2) is 21.2 Å². The van der Waals surface area contributed by atoms with Gasteiger partial charge in [0.2, 0.25) is 10.0 Å². The molecule has 1 aliphatic carbocycles. The van der Waals surface area contributed by atoms with E-state index in [-0.39, 0.29) is 5.41 Å². The highest BCUT2D eigenvalue weighted by atomic mass is 32.2. The summed E-state index contributed by atoms with van der Waals surface area (Å²) in [6, 6.07) is 0. The molecule has 0 aromatic rings. The molecule has 0 radical (unpaired) electrons. The maximum Gasteiger partial charge on any atom is 0.208 e. The Hall–Kier alpha value is -0.0900. The van der Waals surface area contributed by atoms with Gasteiger partial charge in [-0.25, -0.2) is 13.1 Å². The summed E-state index contributed by atoms with van der Waals surface area (Å²) < 4.78 is 23.7. The van der Waals surface area contributed by atoms with Gasteiger partial charge in [-0.05, 0) is 18.3 Å². The summed E-state index contributed by atoms with van der Waals surface area (Å²) in [6.07, 6.45) is 3.49. The minimum absolute atomic E-state index is 0.267. The van der Waals surface area contributed by atoms with Crippen molar-refractivity contribution in [3.05, 3.63) is 0 Å². The third kappa shape index (κ3) is 5.55. The average Bonchev–Trinajstić information content (AvgIpc) is 2.69. The summed E-state index contributed by atoms with van der Waals surface area (Å²) in [4.78, 5) is 0. The van der Waals surface area contributed by atoms with Gasteiger partial charge in [0.15, 0.2) is 0 Å². The number of rotatable bonds is 3. The molecule has 0 bridgehead atoms. The van der Waals surface area contributed by atoms with Gasteiger partial charge in [-0.15, -0.1) is 0 Å². The zero-order valence-electron chi connectivity index (χ0n) is 8.35. The summed E-state index contributed by atoms with van der Waals surface area (Å²) >= 11 is 0. The fourth-order valence-electron chi connectivity index (χ4n) is 0.695. The molecular formula is C8H19NO2S. The van der Waals surface area contributed by atoms with Crippen LogP contribution in [0.2, 0.25) is 0 Å². The lowest BCUT2D eigenvalue weighted by Crippen LogP contribution is -2.27. The fourth-order valence-corrected chi connectivity index (χ4v) is 1.31. The molecule has 0 spiro atoms. The molecule has 1 rings (SSSR count). The molecule has 12 heavy (non-hydrogen) atoms. The maximum absolute atomic E-state index is 10.6. The van der Waals surface area contributed by atoms with E-state index in [4.69, 9.17) is 0 Å². The summed E-state index contributed by atoms with van der Waals surface area (Å²) in [6.45, 7) is 6.69. The lowest BCUT2D eigenvalue weighted by atomic mass is 10.2. The highest BCUT2D eigenvalue weighted by Crippen LogP contribution is 2.44. The van der Waals surface area contributed by atoms with Crippen LogP contribution in [0.4, 0.5) is 0 Å². The van der Waals surface area contributed by atoms with Crippen molar-refractivity contribution in [3.63, 3.8) is 0 Å². The largest absolute Gasteiger partial charge is 0.215 e. The number of hydrogen-bond acceptors (Lipinski definition) is 2. The second-order valence-electron chi connectivity index (χ2n) is 3.40. The van der Waals surface area contributed by atoms with Gasteiger partial charge in [0, 0.05) is 6.54 Å². The van der Waals surface area contributed by atoms with Crippen molar-refractivity contribution in [3.8, 4) is 0 Å². The Morgan fingerprint density at radius 3 is 2.00 bits per heavy atom.